The van der Waals surface area contributed by atoms with Crippen LogP contribution in [0.25, 0.3) is 0 Å². The van der Waals surface area contributed by atoms with E-state index < -0.39 is 12.0 Å². The van der Waals surface area contributed by atoms with Gasteiger partial charge in [0.15, 0.2) is 0 Å². The number of nitrogens with zero attached hydrogens (tertiary/aromatic N) is 1. The van der Waals surface area contributed by atoms with E-state index in [4.69, 9.17) is 9.47 Å². The summed E-state index contributed by atoms with van der Waals surface area (Å²) in [6.45, 7) is 0.895. The number of allylic oxidation sites excluding steroid dienone is 2. The summed E-state index contributed by atoms with van der Waals surface area (Å²) in [4.78, 5) is 40.1. The van der Waals surface area contributed by atoms with E-state index in [0.717, 1.165) is 11.1 Å². The summed E-state index contributed by atoms with van der Waals surface area (Å²) in [5.41, 5.74) is 1.94. The highest BCUT2D eigenvalue weighted by molar-refractivity contribution is 5.86. The molecule has 1 aliphatic heterocycles. The van der Waals surface area contributed by atoms with Crippen LogP contribution in [0.15, 0.2) is 72.8 Å². The van der Waals surface area contributed by atoms with E-state index >= 15 is 0 Å². The normalized spacial score (nSPS) is 18.7. The van der Waals surface area contributed by atoms with Gasteiger partial charge in [0, 0.05) is 25.9 Å². The van der Waals surface area contributed by atoms with Crippen molar-refractivity contribution in [1.82, 2.24) is 10.2 Å². The van der Waals surface area contributed by atoms with E-state index in [1.807, 2.05) is 72.8 Å². The van der Waals surface area contributed by atoms with Crippen molar-refractivity contribution in [3.05, 3.63) is 83.9 Å². The van der Waals surface area contributed by atoms with E-state index in [-0.39, 0.29) is 57.0 Å². The smallest absolute Gasteiger partial charge is 0.306 e. The highest BCUT2D eigenvalue weighted by atomic mass is 16.5. The molecular weight excluding hydrogens is 472 g/mol. The Hall–Kier alpha value is -3.49. The molecule has 8 nitrogen and oxygen atoms in total. The van der Waals surface area contributed by atoms with Gasteiger partial charge >= 0.3 is 5.97 Å². The second-order valence-corrected chi connectivity index (χ2v) is 9.06. The van der Waals surface area contributed by atoms with Gasteiger partial charge in [-0.15, -0.1) is 0 Å². The topological polar surface area (TPSA) is 105 Å². The molecule has 37 heavy (non-hydrogen) atoms. The maximum Gasteiger partial charge on any atom is 0.306 e. The number of aliphatic hydroxyl groups excluding tert-OH is 1. The molecule has 0 fully saturated rings. The lowest BCUT2D eigenvalue weighted by molar-refractivity contribution is -0.146. The van der Waals surface area contributed by atoms with E-state index in [9.17, 15) is 19.5 Å². The van der Waals surface area contributed by atoms with Crippen molar-refractivity contribution in [3.8, 4) is 0 Å². The quantitative estimate of drug-likeness (QED) is 0.378. The number of rotatable bonds is 10. The van der Waals surface area contributed by atoms with Crippen LogP contribution in [0.1, 0.15) is 36.8 Å². The fraction of sp³-hybridized carbons (Fsp3) is 0.414. The van der Waals surface area contributed by atoms with Crippen molar-refractivity contribution < 1.29 is 29.0 Å². The molecular formula is C29H36N2O6. The molecule has 2 N–H and O–H groups in total. The molecule has 0 saturated carbocycles. The maximum atomic E-state index is 13.3. The lowest BCUT2D eigenvalue weighted by Gasteiger charge is -2.26. The largest absolute Gasteiger partial charge is 0.463 e. The zero-order valence-corrected chi connectivity index (χ0v) is 21.1. The minimum atomic E-state index is -0.604. The average Bonchev–Trinajstić information content (AvgIpc) is 2.91. The van der Waals surface area contributed by atoms with Gasteiger partial charge in [-0.05, 0) is 24.0 Å². The van der Waals surface area contributed by atoms with Crippen molar-refractivity contribution in [2.24, 2.45) is 5.92 Å². The van der Waals surface area contributed by atoms with Crippen molar-refractivity contribution in [1.29, 1.82) is 0 Å². The van der Waals surface area contributed by atoms with Crippen molar-refractivity contribution >= 4 is 17.8 Å². The molecule has 2 atom stereocenters. The number of ether oxygens (including phenoxy) is 2. The lowest BCUT2D eigenvalue weighted by Crippen LogP contribution is -2.46. The van der Waals surface area contributed by atoms with Gasteiger partial charge in [0.2, 0.25) is 11.8 Å². The van der Waals surface area contributed by atoms with Gasteiger partial charge < -0.3 is 24.8 Å². The summed E-state index contributed by atoms with van der Waals surface area (Å²) in [7, 11) is 0. The van der Waals surface area contributed by atoms with E-state index in [1.54, 1.807) is 4.90 Å². The first-order valence-corrected chi connectivity index (χ1v) is 12.7. The Morgan fingerprint density at radius 2 is 1.73 bits per heavy atom. The fourth-order valence-corrected chi connectivity index (χ4v) is 4.03. The first-order valence-electron chi connectivity index (χ1n) is 12.7. The van der Waals surface area contributed by atoms with Gasteiger partial charge in [-0.2, -0.15) is 0 Å². The Balaban J connectivity index is 1.66. The number of nitrogens with one attached hydrogen (secondary N) is 1. The zero-order chi connectivity index (χ0) is 26.3. The molecule has 0 aromatic heterocycles. The van der Waals surface area contributed by atoms with Crippen LogP contribution in [0.5, 0.6) is 0 Å². The number of carbonyl (C=O) groups excluding carboxylic acids is 3. The molecule has 2 aromatic rings. The van der Waals surface area contributed by atoms with Gasteiger partial charge in [0.05, 0.1) is 31.8 Å². The molecule has 2 amide bonds. The first-order chi connectivity index (χ1) is 18.0. The monoisotopic (exact) mass is 508 g/mol. The number of esters is 1. The van der Waals surface area contributed by atoms with Crippen molar-refractivity contribution in [3.63, 3.8) is 0 Å². The second kappa shape index (κ2) is 15.6. The van der Waals surface area contributed by atoms with Gasteiger partial charge in [-0.25, -0.2) is 0 Å². The third kappa shape index (κ3) is 10.2. The number of carbonyl (C=O) groups is 3. The Morgan fingerprint density at radius 3 is 2.43 bits per heavy atom. The summed E-state index contributed by atoms with van der Waals surface area (Å²) >= 11 is 0. The molecule has 0 unspecified atom stereocenters. The molecule has 3 rings (SSSR count). The number of aliphatic hydroxyl groups is 1. The van der Waals surface area contributed by atoms with Gasteiger partial charge in [0.1, 0.15) is 6.61 Å². The number of benzene rings is 2. The predicted molar refractivity (Wildman–Crippen MR) is 139 cm³/mol. The molecule has 0 saturated heterocycles. The SMILES string of the molecule is O=C1CCC=CC[C@H](CC(=O)N(CCO)Cc2ccccc2)C(=O)N[C@@H](COCc2ccccc2)CO1. The van der Waals surface area contributed by atoms with Gasteiger partial charge in [-0.1, -0.05) is 72.8 Å². The first kappa shape index (κ1) is 28.1. The summed E-state index contributed by atoms with van der Waals surface area (Å²) < 4.78 is 11.2. The summed E-state index contributed by atoms with van der Waals surface area (Å²) in [5, 5.41) is 12.4. The minimum absolute atomic E-state index is 0.000384. The van der Waals surface area contributed by atoms with Crippen LogP contribution in [0.4, 0.5) is 0 Å². The number of cyclic esters (lactones) is 1. The molecule has 8 heteroatoms. The standard InChI is InChI=1S/C29H36N2O6/c32-17-16-31(19-23-10-4-1-5-11-23)27(33)18-25-14-8-3-9-15-28(34)37-22-26(30-29(25)35)21-36-20-24-12-6-2-7-13-24/h1-8,10-13,25-26,32H,9,14-22H2,(H,30,35)/t25-,26+/m1/s1. The summed E-state index contributed by atoms with van der Waals surface area (Å²) in [5.74, 6) is -1.44. The molecule has 198 valence electrons. The van der Waals surface area contributed by atoms with Gasteiger partial charge in [0.25, 0.3) is 0 Å². The molecule has 0 radical (unpaired) electrons. The van der Waals surface area contributed by atoms with Crippen molar-refractivity contribution in [2.45, 2.75) is 44.9 Å². The Morgan fingerprint density at radius 1 is 1.03 bits per heavy atom. The minimum Gasteiger partial charge on any atom is -0.463 e. The van der Waals surface area contributed by atoms with Crippen LogP contribution >= 0.6 is 0 Å². The Labute approximate surface area is 218 Å². The zero-order valence-electron chi connectivity index (χ0n) is 21.1. The number of hydrogen-bond donors (Lipinski definition) is 2. The number of amides is 2. The van der Waals surface area contributed by atoms with Crippen LogP contribution in [0.3, 0.4) is 0 Å². The van der Waals surface area contributed by atoms with Crippen LogP contribution in [0, 0.1) is 5.92 Å². The average molecular weight is 509 g/mol. The highest BCUT2D eigenvalue weighted by Gasteiger charge is 2.27. The summed E-state index contributed by atoms with van der Waals surface area (Å²) in [6, 6.07) is 18.7. The van der Waals surface area contributed by atoms with Gasteiger partial charge in [-0.3, -0.25) is 14.4 Å². The van der Waals surface area contributed by atoms with Crippen LogP contribution in [0.2, 0.25) is 0 Å². The molecule has 0 spiro atoms. The maximum absolute atomic E-state index is 13.3. The van der Waals surface area contributed by atoms with E-state index in [2.05, 4.69) is 5.32 Å². The van der Waals surface area contributed by atoms with Crippen molar-refractivity contribution in [2.75, 3.05) is 26.4 Å². The Kier molecular flexibility index (Phi) is 11.8. The highest BCUT2D eigenvalue weighted by Crippen LogP contribution is 2.16. The third-order valence-electron chi connectivity index (χ3n) is 6.06. The Bertz CT molecular complexity index is 1010. The lowest BCUT2D eigenvalue weighted by atomic mass is 9.98. The number of hydrogen-bond acceptors (Lipinski definition) is 6. The van der Waals surface area contributed by atoms with Crippen LogP contribution in [-0.2, 0) is 37.0 Å². The predicted octanol–water partition coefficient (Wildman–Crippen LogP) is 3.00. The molecule has 0 aliphatic carbocycles. The molecule has 1 aliphatic rings. The van der Waals surface area contributed by atoms with E-state index in [0.29, 0.717) is 26.0 Å². The molecule has 0 bridgehead atoms. The molecule has 1 heterocycles. The molecule has 2 aromatic carbocycles. The van der Waals surface area contributed by atoms with E-state index in [1.165, 1.54) is 0 Å². The van der Waals surface area contributed by atoms with Crippen LogP contribution < -0.4 is 5.32 Å². The summed E-state index contributed by atoms with van der Waals surface area (Å²) in [6.07, 6.45) is 4.78. The fourth-order valence-electron chi connectivity index (χ4n) is 4.03. The second-order valence-electron chi connectivity index (χ2n) is 9.06. The third-order valence-corrected chi connectivity index (χ3v) is 6.06. The van der Waals surface area contributed by atoms with Crippen LogP contribution in [-0.4, -0.2) is 60.2 Å².